The third kappa shape index (κ3) is 4.34. The summed E-state index contributed by atoms with van der Waals surface area (Å²) in [6.45, 7) is 1.47. The second-order valence-electron chi connectivity index (χ2n) is 7.71. The number of hydrogen-bond donors (Lipinski definition) is 0. The maximum Gasteiger partial charge on any atom is 0.270 e. The predicted molar refractivity (Wildman–Crippen MR) is 124 cm³/mol. The molecule has 9 heteroatoms. The Morgan fingerprint density at radius 1 is 1.23 bits per heavy atom. The molecule has 0 aliphatic carbocycles. The molecule has 1 amide bonds. The van der Waals surface area contributed by atoms with Crippen molar-refractivity contribution in [2.45, 2.75) is 25.4 Å². The van der Waals surface area contributed by atoms with Crippen LogP contribution in [0.5, 0.6) is 0 Å². The van der Waals surface area contributed by atoms with Gasteiger partial charge in [-0.15, -0.1) is 11.3 Å². The van der Waals surface area contributed by atoms with Crippen LogP contribution in [0.15, 0.2) is 46.3 Å². The summed E-state index contributed by atoms with van der Waals surface area (Å²) in [5.74, 6) is 0.000225. The van der Waals surface area contributed by atoms with Crippen LogP contribution in [-0.4, -0.2) is 53.5 Å². The van der Waals surface area contributed by atoms with Gasteiger partial charge in [-0.05, 0) is 47.0 Å². The number of halogens is 1. The molecule has 1 aliphatic rings. The van der Waals surface area contributed by atoms with Gasteiger partial charge in [0.25, 0.3) is 5.91 Å². The lowest BCUT2D eigenvalue weighted by molar-refractivity contribution is 0.0667. The average molecular weight is 510 g/mol. The van der Waals surface area contributed by atoms with Gasteiger partial charge in [0, 0.05) is 58.4 Å². The van der Waals surface area contributed by atoms with Gasteiger partial charge in [-0.3, -0.25) is 4.79 Å². The van der Waals surface area contributed by atoms with Gasteiger partial charge in [0.15, 0.2) is 0 Å². The zero-order chi connectivity index (χ0) is 21.5. The van der Waals surface area contributed by atoms with E-state index in [0.29, 0.717) is 38.2 Å². The van der Waals surface area contributed by atoms with Gasteiger partial charge in [0.1, 0.15) is 5.69 Å². The number of hydrogen-bond acceptors (Lipinski definition) is 4. The van der Waals surface area contributed by atoms with Crippen LogP contribution in [0, 0.1) is 0 Å². The number of rotatable bonds is 5. The van der Waals surface area contributed by atoms with Crippen LogP contribution in [0.1, 0.15) is 28.2 Å². The van der Waals surface area contributed by atoms with Gasteiger partial charge in [0.2, 0.25) is 10.0 Å². The number of benzene rings is 1. The molecule has 0 radical (unpaired) electrons. The van der Waals surface area contributed by atoms with Crippen molar-refractivity contribution in [1.29, 1.82) is 0 Å². The molecule has 0 atom stereocenters. The van der Waals surface area contributed by atoms with Gasteiger partial charge in [-0.2, -0.15) is 4.31 Å². The Morgan fingerprint density at radius 3 is 2.53 bits per heavy atom. The summed E-state index contributed by atoms with van der Waals surface area (Å²) in [4.78, 5) is 16.0. The van der Waals surface area contributed by atoms with E-state index in [1.807, 2.05) is 58.3 Å². The summed E-state index contributed by atoms with van der Waals surface area (Å²) in [6.07, 6.45) is 2.54. The van der Waals surface area contributed by atoms with Crippen LogP contribution in [0.25, 0.3) is 10.9 Å². The number of carbonyl (C=O) groups is 1. The van der Waals surface area contributed by atoms with Gasteiger partial charge < -0.3 is 9.47 Å². The van der Waals surface area contributed by atoms with Gasteiger partial charge >= 0.3 is 0 Å². The molecule has 1 aliphatic heterocycles. The number of sulfonamides is 1. The van der Waals surface area contributed by atoms with E-state index in [4.69, 9.17) is 0 Å². The maximum atomic E-state index is 13.1. The predicted octanol–water partition coefficient (Wildman–Crippen LogP) is 4.07. The Balaban J connectivity index is 1.47. The van der Waals surface area contributed by atoms with Gasteiger partial charge in [0.05, 0.1) is 6.26 Å². The Kier molecular flexibility index (Phi) is 6.07. The molecular weight excluding hydrogens is 486 g/mol. The second kappa shape index (κ2) is 8.45. The molecule has 6 nitrogen and oxygen atoms in total. The summed E-state index contributed by atoms with van der Waals surface area (Å²) in [6, 6.07) is 11.7. The van der Waals surface area contributed by atoms with E-state index in [-0.39, 0.29) is 11.9 Å². The second-order valence-corrected chi connectivity index (χ2v) is 11.6. The molecule has 3 heterocycles. The minimum Gasteiger partial charge on any atom is -0.340 e. The first-order valence-electron chi connectivity index (χ1n) is 9.77. The molecular formula is C21H24BrN3O3S2. The number of carbonyl (C=O) groups excluding carboxylic acids is 1. The smallest absolute Gasteiger partial charge is 0.270 e. The number of aryl methyl sites for hydroxylation is 1. The van der Waals surface area contributed by atoms with Gasteiger partial charge in [-0.1, -0.05) is 18.2 Å². The lowest BCUT2D eigenvalue weighted by atomic mass is 10.0. The van der Waals surface area contributed by atoms with E-state index in [0.717, 1.165) is 20.3 Å². The fourth-order valence-corrected chi connectivity index (χ4v) is 6.78. The topological polar surface area (TPSA) is 62.6 Å². The standard InChI is InChI=1S/C21H24BrN3O3S2/c1-23-19-6-4-3-5-15(19)11-20(23)21(26)24-9-7-17(8-10-24)25(30(2,27)28)13-18-12-16(22)14-29-18/h3-6,11-12,14,17H,7-10,13H2,1-2H3. The highest BCUT2D eigenvalue weighted by Crippen LogP contribution is 2.27. The van der Waals surface area contributed by atoms with Crippen LogP contribution in [-0.2, 0) is 23.6 Å². The first-order chi connectivity index (χ1) is 14.2. The molecule has 1 fully saturated rings. The molecule has 0 N–H and O–H groups in total. The quantitative estimate of drug-likeness (QED) is 0.520. The molecule has 3 aromatic rings. The number of aromatic nitrogens is 1. The van der Waals surface area contributed by atoms with E-state index >= 15 is 0 Å². The Morgan fingerprint density at radius 2 is 1.93 bits per heavy atom. The van der Waals surface area contributed by atoms with Gasteiger partial charge in [-0.25, -0.2) is 8.42 Å². The van der Waals surface area contributed by atoms with Crippen molar-refractivity contribution in [1.82, 2.24) is 13.8 Å². The number of piperidine rings is 1. The third-order valence-corrected chi connectivity index (χ3v) is 8.65. The number of fused-ring (bicyclic) bond motifs is 1. The van der Waals surface area contributed by atoms with E-state index in [1.165, 1.54) is 6.26 Å². The molecule has 0 spiro atoms. The summed E-state index contributed by atoms with van der Waals surface area (Å²) >= 11 is 4.97. The minimum absolute atomic E-state index is 0.000225. The fraction of sp³-hybridized carbons (Fsp3) is 0.381. The number of nitrogens with zero attached hydrogens (tertiary/aromatic N) is 3. The lowest BCUT2D eigenvalue weighted by Gasteiger charge is -2.37. The summed E-state index contributed by atoms with van der Waals surface area (Å²) in [5, 5.41) is 3.00. The summed E-state index contributed by atoms with van der Waals surface area (Å²) in [5.41, 5.74) is 1.69. The van der Waals surface area contributed by atoms with Crippen LogP contribution < -0.4 is 0 Å². The summed E-state index contributed by atoms with van der Waals surface area (Å²) in [7, 11) is -1.44. The highest BCUT2D eigenvalue weighted by atomic mass is 79.9. The third-order valence-electron chi connectivity index (χ3n) is 5.69. The zero-order valence-corrected chi connectivity index (χ0v) is 20.1. The van der Waals surface area contributed by atoms with Crippen molar-refractivity contribution in [3.05, 3.63) is 56.8 Å². The number of thiophene rings is 1. The molecule has 2 aromatic heterocycles. The van der Waals surface area contributed by atoms with Crippen LogP contribution in [0.3, 0.4) is 0 Å². The molecule has 0 unspecified atom stereocenters. The van der Waals surface area contributed by atoms with Crippen LogP contribution in [0.2, 0.25) is 0 Å². The fourth-order valence-electron chi connectivity index (χ4n) is 4.12. The highest BCUT2D eigenvalue weighted by molar-refractivity contribution is 9.10. The Bertz CT molecular complexity index is 1180. The number of amides is 1. The van der Waals surface area contributed by atoms with E-state index in [1.54, 1.807) is 15.6 Å². The lowest BCUT2D eigenvalue weighted by Crippen LogP contribution is -2.48. The Hall–Kier alpha value is -1.68. The molecule has 1 aromatic carbocycles. The SMILES string of the molecule is Cn1c(C(=O)N2CCC(N(Cc3cc(Br)cs3)S(C)(=O)=O)CC2)cc2ccccc21. The van der Waals surface area contributed by atoms with E-state index < -0.39 is 10.0 Å². The first kappa shape index (κ1) is 21.5. The number of likely N-dealkylation sites (tertiary alicyclic amines) is 1. The normalized spacial score (nSPS) is 15.9. The molecule has 0 bridgehead atoms. The maximum absolute atomic E-state index is 13.1. The molecule has 30 heavy (non-hydrogen) atoms. The zero-order valence-electron chi connectivity index (χ0n) is 16.9. The van der Waals surface area contributed by atoms with Crippen molar-refractivity contribution >= 4 is 54.1 Å². The highest BCUT2D eigenvalue weighted by Gasteiger charge is 2.32. The van der Waals surface area contributed by atoms with Crippen molar-refractivity contribution < 1.29 is 13.2 Å². The van der Waals surface area contributed by atoms with Crippen molar-refractivity contribution in [2.75, 3.05) is 19.3 Å². The van der Waals surface area contributed by atoms with Crippen molar-refractivity contribution in [3.8, 4) is 0 Å². The van der Waals surface area contributed by atoms with Crippen molar-refractivity contribution in [2.24, 2.45) is 7.05 Å². The first-order valence-corrected chi connectivity index (χ1v) is 13.3. The Labute approximate surface area is 189 Å². The molecule has 4 rings (SSSR count). The van der Waals surface area contributed by atoms with E-state index in [2.05, 4.69) is 15.9 Å². The minimum atomic E-state index is -3.35. The molecule has 160 valence electrons. The number of para-hydroxylation sites is 1. The van der Waals surface area contributed by atoms with E-state index in [9.17, 15) is 13.2 Å². The van der Waals surface area contributed by atoms with Crippen LogP contribution >= 0.6 is 27.3 Å². The van der Waals surface area contributed by atoms with Crippen LogP contribution in [0.4, 0.5) is 0 Å². The molecule has 1 saturated heterocycles. The molecule has 0 saturated carbocycles. The van der Waals surface area contributed by atoms with Crippen molar-refractivity contribution in [3.63, 3.8) is 0 Å². The largest absolute Gasteiger partial charge is 0.340 e. The average Bonchev–Trinajstić information content (AvgIpc) is 3.28. The summed E-state index contributed by atoms with van der Waals surface area (Å²) < 4.78 is 29.4. The monoisotopic (exact) mass is 509 g/mol.